The standard InChI is InChI=1S/C19H22N2O5/c1-25-18(24)19(10-4-2-5-11-19)20-17(23)15-9-8-14(26-15)13-21-12-6-3-7-16(21)22/h3,6-9,12H,2,4-5,10-11,13H2,1H3,(H,20,23). The van der Waals surface area contributed by atoms with Crippen LogP contribution >= 0.6 is 0 Å². The number of rotatable bonds is 5. The molecule has 3 rings (SSSR count). The van der Waals surface area contributed by atoms with E-state index < -0.39 is 17.4 Å². The summed E-state index contributed by atoms with van der Waals surface area (Å²) in [6, 6.07) is 8.07. The first kappa shape index (κ1) is 18.0. The Morgan fingerprint density at radius 1 is 1.19 bits per heavy atom. The van der Waals surface area contributed by atoms with Crippen LogP contribution in [-0.4, -0.2) is 29.1 Å². The van der Waals surface area contributed by atoms with Crippen molar-refractivity contribution in [3.63, 3.8) is 0 Å². The summed E-state index contributed by atoms with van der Waals surface area (Å²) in [5.41, 5.74) is -1.14. The van der Waals surface area contributed by atoms with E-state index in [4.69, 9.17) is 9.15 Å². The monoisotopic (exact) mass is 358 g/mol. The van der Waals surface area contributed by atoms with Gasteiger partial charge in [-0.1, -0.05) is 25.3 Å². The maximum absolute atomic E-state index is 12.6. The van der Waals surface area contributed by atoms with Crippen molar-refractivity contribution < 1.29 is 18.7 Å². The zero-order valence-electron chi connectivity index (χ0n) is 14.7. The molecule has 1 fully saturated rings. The van der Waals surface area contributed by atoms with E-state index in [0.29, 0.717) is 18.6 Å². The molecule has 7 heteroatoms. The molecule has 1 saturated carbocycles. The highest BCUT2D eigenvalue weighted by atomic mass is 16.5. The minimum atomic E-state index is -0.993. The number of nitrogens with zero attached hydrogens (tertiary/aromatic N) is 1. The summed E-state index contributed by atoms with van der Waals surface area (Å²) in [4.78, 5) is 36.6. The fourth-order valence-corrected chi connectivity index (χ4v) is 3.35. The fourth-order valence-electron chi connectivity index (χ4n) is 3.35. The van der Waals surface area contributed by atoms with Crippen molar-refractivity contribution in [2.24, 2.45) is 0 Å². The Bertz CT molecular complexity index is 845. The van der Waals surface area contributed by atoms with Gasteiger partial charge < -0.3 is 19.0 Å². The molecule has 1 aliphatic carbocycles. The average Bonchev–Trinajstić information content (AvgIpc) is 3.12. The molecule has 138 valence electrons. The van der Waals surface area contributed by atoms with Crippen LogP contribution in [0.1, 0.15) is 48.4 Å². The number of hydrogen-bond donors (Lipinski definition) is 1. The van der Waals surface area contributed by atoms with Crippen LogP contribution in [0, 0.1) is 0 Å². The maximum atomic E-state index is 12.6. The predicted octanol–water partition coefficient (Wildman–Crippen LogP) is 2.10. The molecule has 2 aromatic heterocycles. The molecule has 7 nitrogen and oxygen atoms in total. The zero-order chi connectivity index (χ0) is 18.6. The van der Waals surface area contributed by atoms with Gasteiger partial charge in [-0.25, -0.2) is 4.79 Å². The molecule has 1 amide bonds. The van der Waals surface area contributed by atoms with Gasteiger partial charge in [0.25, 0.3) is 11.5 Å². The Hall–Kier alpha value is -2.83. The van der Waals surface area contributed by atoms with Gasteiger partial charge in [0.1, 0.15) is 11.3 Å². The third-order valence-electron chi connectivity index (χ3n) is 4.75. The van der Waals surface area contributed by atoms with Crippen molar-refractivity contribution in [3.05, 3.63) is 58.4 Å². The molecule has 2 aromatic rings. The highest BCUT2D eigenvalue weighted by molar-refractivity contribution is 5.96. The SMILES string of the molecule is COC(=O)C1(NC(=O)c2ccc(Cn3ccccc3=O)o2)CCCCC1. The van der Waals surface area contributed by atoms with Gasteiger partial charge in [0.15, 0.2) is 5.76 Å². The molecule has 0 unspecified atom stereocenters. The molecule has 1 N–H and O–H groups in total. The molecule has 1 aliphatic rings. The van der Waals surface area contributed by atoms with Crippen LogP contribution in [-0.2, 0) is 16.1 Å². The van der Waals surface area contributed by atoms with Crippen LogP contribution < -0.4 is 10.9 Å². The molecular weight excluding hydrogens is 336 g/mol. The first-order valence-corrected chi connectivity index (χ1v) is 8.69. The minimum Gasteiger partial charge on any atom is -0.467 e. The van der Waals surface area contributed by atoms with Crippen LogP contribution in [0.15, 0.2) is 45.7 Å². The number of nitrogens with one attached hydrogen (secondary N) is 1. The van der Waals surface area contributed by atoms with Gasteiger partial charge in [-0.2, -0.15) is 0 Å². The molecule has 2 heterocycles. The molecule has 0 aromatic carbocycles. The Morgan fingerprint density at radius 3 is 2.65 bits per heavy atom. The van der Waals surface area contributed by atoms with Crippen LogP contribution in [0.25, 0.3) is 0 Å². The first-order chi connectivity index (χ1) is 12.5. The number of furan rings is 1. The minimum absolute atomic E-state index is 0.109. The average molecular weight is 358 g/mol. The van der Waals surface area contributed by atoms with Crippen LogP contribution in [0.2, 0.25) is 0 Å². The normalized spacial score (nSPS) is 16.0. The summed E-state index contributed by atoms with van der Waals surface area (Å²) in [5.74, 6) is -0.283. The van der Waals surface area contributed by atoms with Crippen LogP contribution in [0.4, 0.5) is 0 Å². The first-order valence-electron chi connectivity index (χ1n) is 8.69. The largest absolute Gasteiger partial charge is 0.467 e. The van der Waals surface area contributed by atoms with Gasteiger partial charge >= 0.3 is 5.97 Å². The van der Waals surface area contributed by atoms with Crippen molar-refractivity contribution in [2.75, 3.05) is 7.11 Å². The maximum Gasteiger partial charge on any atom is 0.331 e. The molecular formula is C19H22N2O5. The lowest BCUT2D eigenvalue weighted by atomic mass is 9.81. The van der Waals surface area contributed by atoms with Crippen molar-refractivity contribution in [3.8, 4) is 0 Å². The number of pyridine rings is 1. The highest BCUT2D eigenvalue weighted by Crippen LogP contribution is 2.30. The lowest BCUT2D eigenvalue weighted by Gasteiger charge is -2.34. The number of hydrogen-bond acceptors (Lipinski definition) is 5. The van der Waals surface area contributed by atoms with E-state index in [-0.39, 0.29) is 17.9 Å². The Labute approximate surface area is 151 Å². The van der Waals surface area contributed by atoms with Gasteiger partial charge in [0.2, 0.25) is 0 Å². The summed E-state index contributed by atoms with van der Waals surface area (Å²) in [6.07, 6.45) is 5.51. The van der Waals surface area contributed by atoms with E-state index in [9.17, 15) is 14.4 Å². The van der Waals surface area contributed by atoms with E-state index in [0.717, 1.165) is 19.3 Å². The second-order valence-electron chi connectivity index (χ2n) is 6.52. The van der Waals surface area contributed by atoms with Gasteiger partial charge in [0.05, 0.1) is 13.7 Å². The predicted molar refractivity (Wildman–Crippen MR) is 93.8 cm³/mol. The highest BCUT2D eigenvalue weighted by Gasteiger charge is 2.42. The number of amides is 1. The van der Waals surface area contributed by atoms with E-state index >= 15 is 0 Å². The molecule has 0 atom stereocenters. The van der Waals surface area contributed by atoms with Crippen molar-refractivity contribution in [1.82, 2.24) is 9.88 Å². The molecule has 0 bridgehead atoms. The van der Waals surface area contributed by atoms with Crippen molar-refractivity contribution >= 4 is 11.9 Å². The molecule has 0 radical (unpaired) electrons. The summed E-state index contributed by atoms with van der Waals surface area (Å²) in [7, 11) is 1.33. The molecule has 0 spiro atoms. The molecule has 0 aliphatic heterocycles. The van der Waals surface area contributed by atoms with Gasteiger partial charge in [-0.15, -0.1) is 0 Å². The van der Waals surface area contributed by atoms with E-state index in [2.05, 4.69) is 5.32 Å². The third kappa shape index (κ3) is 3.71. The number of methoxy groups -OCH3 is 1. The van der Waals surface area contributed by atoms with Crippen LogP contribution in [0.3, 0.4) is 0 Å². The van der Waals surface area contributed by atoms with Gasteiger partial charge in [0, 0.05) is 12.3 Å². The van der Waals surface area contributed by atoms with Crippen molar-refractivity contribution in [2.45, 2.75) is 44.2 Å². The molecule has 0 saturated heterocycles. The topological polar surface area (TPSA) is 90.5 Å². The summed E-state index contributed by atoms with van der Waals surface area (Å²) in [5, 5.41) is 2.81. The summed E-state index contributed by atoms with van der Waals surface area (Å²) in [6.45, 7) is 0.231. The number of carbonyl (C=O) groups excluding carboxylic acids is 2. The number of aromatic nitrogens is 1. The van der Waals surface area contributed by atoms with Crippen LogP contribution in [0.5, 0.6) is 0 Å². The number of carbonyl (C=O) groups is 2. The Morgan fingerprint density at radius 2 is 1.96 bits per heavy atom. The number of esters is 1. The third-order valence-corrected chi connectivity index (χ3v) is 4.75. The van der Waals surface area contributed by atoms with Gasteiger partial charge in [-0.05, 0) is 31.0 Å². The zero-order valence-corrected chi connectivity index (χ0v) is 14.7. The quantitative estimate of drug-likeness (QED) is 0.827. The number of ether oxygens (including phenoxy) is 1. The Kier molecular flexibility index (Phi) is 5.25. The fraction of sp³-hybridized carbons (Fsp3) is 0.421. The smallest absolute Gasteiger partial charge is 0.331 e. The van der Waals surface area contributed by atoms with E-state index in [1.54, 1.807) is 30.5 Å². The second kappa shape index (κ2) is 7.59. The van der Waals surface area contributed by atoms with Crippen molar-refractivity contribution in [1.29, 1.82) is 0 Å². The lowest BCUT2D eigenvalue weighted by Crippen LogP contribution is -2.56. The van der Waals surface area contributed by atoms with Gasteiger partial charge in [-0.3, -0.25) is 9.59 Å². The second-order valence-corrected chi connectivity index (χ2v) is 6.52. The molecule has 26 heavy (non-hydrogen) atoms. The van der Waals surface area contributed by atoms with E-state index in [1.807, 2.05) is 0 Å². The van der Waals surface area contributed by atoms with E-state index in [1.165, 1.54) is 17.7 Å². The summed E-state index contributed by atoms with van der Waals surface area (Å²) >= 11 is 0. The lowest BCUT2D eigenvalue weighted by molar-refractivity contribution is -0.149. The Balaban J connectivity index is 1.74. The summed E-state index contributed by atoms with van der Waals surface area (Å²) < 4.78 is 12.0.